The summed E-state index contributed by atoms with van der Waals surface area (Å²) in [4.78, 5) is 44.2. The molecule has 2 aromatic heterocycles. The van der Waals surface area contributed by atoms with Crippen molar-refractivity contribution in [1.82, 2.24) is 19.8 Å². The van der Waals surface area contributed by atoms with Gasteiger partial charge in [-0.1, -0.05) is 25.3 Å². The number of rotatable bonds is 8. The molecule has 0 bridgehead atoms. The van der Waals surface area contributed by atoms with Gasteiger partial charge in [-0.15, -0.1) is 11.3 Å². The van der Waals surface area contributed by atoms with Crippen LogP contribution in [-0.4, -0.2) is 51.8 Å². The van der Waals surface area contributed by atoms with Gasteiger partial charge in [0.15, 0.2) is 0 Å². The third-order valence-electron chi connectivity index (χ3n) is 6.34. The van der Waals surface area contributed by atoms with E-state index in [4.69, 9.17) is 0 Å². The topological polar surface area (TPSA) is 96.3 Å². The lowest BCUT2D eigenvalue weighted by molar-refractivity contribution is -0.118. The first-order chi connectivity index (χ1) is 16.4. The van der Waals surface area contributed by atoms with Crippen LogP contribution in [0.2, 0.25) is 0 Å². The van der Waals surface area contributed by atoms with Crippen molar-refractivity contribution in [1.29, 1.82) is 0 Å². The molecule has 0 atom stereocenters. The number of nitrogens with one attached hydrogen (secondary N) is 2. The standard InChI is InChI=1S/C25H31N5O3S/c1-17(31)26-13-7-14-30-21-12-11-18(24(33)29(2)19-8-4-3-5-9-19)16-20(21)27-25(30)28-23(32)22-10-6-15-34-22/h6,10-12,15-16,19H,3-5,7-9,13-14H2,1-2H3,(H,26,31)(H,27,28,32). The van der Waals surface area contributed by atoms with Crippen LogP contribution < -0.4 is 10.6 Å². The van der Waals surface area contributed by atoms with Gasteiger partial charge in [0.05, 0.1) is 15.9 Å². The van der Waals surface area contributed by atoms with Crippen LogP contribution in [0.4, 0.5) is 5.95 Å². The zero-order chi connectivity index (χ0) is 24.1. The molecule has 1 aliphatic rings. The number of thiophene rings is 1. The lowest BCUT2D eigenvalue weighted by Gasteiger charge is -2.31. The Hall–Kier alpha value is -3.20. The van der Waals surface area contributed by atoms with Crippen LogP contribution in [0.3, 0.4) is 0 Å². The van der Waals surface area contributed by atoms with Crippen molar-refractivity contribution in [2.45, 2.75) is 58.0 Å². The number of imidazole rings is 1. The van der Waals surface area contributed by atoms with Gasteiger partial charge in [-0.05, 0) is 48.9 Å². The van der Waals surface area contributed by atoms with Crippen molar-refractivity contribution in [3.05, 3.63) is 46.2 Å². The Morgan fingerprint density at radius 1 is 1.18 bits per heavy atom. The Kier molecular flexibility index (Phi) is 7.62. The van der Waals surface area contributed by atoms with Crippen molar-refractivity contribution in [2.24, 2.45) is 0 Å². The summed E-state index contributed by atoms with van der Waals surface area (Å²) in [5, 5.41) is 7.57. The van der Waals surface area contributed by atoms with E-state index in [-0.39, 0.29) is 23.8 Å². The summed E-state index contributed by atoms with van der Waals surface area (Å²) >= 11 is 1.36. The molecule has 1 fully saturated rings. The fourth-order valence-corrected chi connectivity index (χ4v) is 5.11. The second kappa shape index (κ2) is 10.8. The second-order valence-electron chi connectivity index (χ2n) is 8.77. The first kappa shape index (κ1) is 23.9. The Morgan fingerprint density at radius 3 is 2.68 bits per heavy atom. The summed E-state index contributed by atoms with van der Waals surface area (Å²) < 4.78 is 1.93. The van der Waals surface area contributed by atoms with Gasteiger partial charge >= 0.3 is 0 Å². The highest BCUT2D eigenvalue weighted by Gasteiger charge is 2.24. The van der Waals surface area contributed by atoms with Gasteiger partial charge in [0.2, 0.25) is 11.9 Å². The number of nitrogens with zero attached hydrogens (tertiary/aromatic N) is 3. The predicted molar refractivity (Wildman–Crippen MR) is 134 cm³/mol. The van der Waals surface area contributed by atoms with Crippen molar-refractivity contribution in [3.63, 3.8) is 0 Å². The molecule has 0 saturated heterocycles. The normalized spacial score (nSPS) is 14.2. The van der Waals surface area contributed by atoms with E-state index in [1.807, 2.05) is 46.2 Å². The maximum absolute atomic E-state index is 13.2. The highest BCUT2D eigenvalue weighted by molar-refractivity contribution is 7.12. The van der Waals surface area contributed by atoms with Crippen LogP contribution in [0.25, 0.3) is 11.0 Å². The van der Waals surface area contributed by atoms with Crippen LogP contribution in [0, 0.1) is 0 Å². The van der Waals surface area contributed by atoms with Gasteiger partial charge in [-0.2, -0.15) is 0 Å². The van der Waals surface area contributed by atoms with Gasteiger partial charge in [-0.25, -0.2) is 4.98 Å². The monoisotopic (exact) mass is 481 g/mol. The maximum atomic E-state index is 13.2. The number of benzene rings is 1. The van der Waals surface area contributed by atoms with Crippen LogP contribution in [0.15, 0.2) is 35.7 Å². The van der Waals surface area contributed by atoms with Crippen LogP contribution in [0.1, 0.15) is 65.5 Å². The van der Waals surface area contributed by atoms with Crippen LogP contribution in [0.5, 0.6) is 0 Å². The zero-order valence-corrected chi connectivity index (χ0v) is 20.5. The third kappa shape index (κ3) is 5.47. The predicted octanol–water partition coefficient (Wildman–Crippen LogP) is 4.28. The summed E-state index contributed by atoms with van der Waals surface area (Å²) in [6, 6.07) is 9.41. The summed E-state index contributed by atoms with van der Waals surface area (Å²) in [5.41, 5.74) is 2.09. The number of carbonyl (C=O) groups excluding carboxylic acids is 3. The highest BCUT2D eigenvalue weighted by Crippen LogP contribution is 2.26. The minimum atomic E-state index is -0.221. The maximum Gasteiger partial charge on any atom is 0.268 e. The average molecular weight is 482 g/mol. The first-order valence-corrected chi connectivity index (χ1v) is 12.7. The van der Waals surface area contributed by atoms with E-state index in [1.54, 1.807) is 6.07 Å². The number of aromatic nitrogens is 2. The summed E-state index contributed by atoms with van der Waals surface area (Å²) in [6.45, 7) is 2.57. The van der Waals surface area contributed by atoms with Crippen molar-refractivity contribution >= 4 is 46.0 Å². The van der Waals surface area contributed by atoms with Gasteiger partial charge < -0.3 is 14.8 Å². The zero-order valence-electron chi connectivity index (χ0n) is 19.7. The fourth-order valence-electron chi connectivity index (χ4n) is 4.49. The molecule has 0 unspecified atom stereocenters. The van der Waals surface area contributed by atoms with Gasteiger partial charge in [-0.3, -0.25) is 19.7 Å². The SMILES string of the molecule is CC(=O)NCCCn1c(NC(=O)c2cccs2)nc2cc(C(=O)N(C)C3CCCCC3)ccc21. The molecule has 34 heavy (non-hydrogen) atoms. The Morgan fingerprint density at radius 2 is 1.97 bits per heavy atom. The first-order valence-electron chi connectivity index (χ1n) is 11.8. The minimum Gasteiger partial charge on any atom is -0.356 e. The Bertz CT molecular complexity index is 1160. The minimum absolute atomic E-state index is 0.00169. The number of hydrogen-bond donors (Lipinski definition) is 2. The molecule has 1 aromatic carbocycles. The highest BCUT2D eigenvalue weighted by atomic mass is 32.1. The largest absolute Gasteiger partial charge is 0.356 e. The number of hydrogen-bond acceptors (Lipinski definition) is 5. The molecule has 0 aliphatic heterocycles. The molecule has 0 radical (unpaired) electrons. The van der Waals surface area contributed by atoms with E-state index < -0.39 is 0 Å². The van der Waals surface area contributed by atoms with Crippen molar-refractivity contribution < 1.29 is 14.4 Å². The summed E-state index contributed by atoms with van der Waals surface area (Å²) in [5.74, 6) is 0.133. The van der Waals surface area contributed by atoms with E-state index in [1.165, 1.54) is 24.7 Å². The van der Waals surface area contributed by atoms with E-state index >= 15 is 0 Å². The lowest BCUT2D eigenvalue weighted by atomic mass is 9.94. The fraction of sp³-hybridized carbons (Fsp3) is 0.440. The molecular weight excluding hydrogens is 450 g/mol. The molecular formula is C25H31N5O3S. The molecule has 2 heterocycles. The number of amides is 3. The van der Waals surface area contributed by atoms with Gasteiger partial charge in [0.25, 0.3) is 11.8 Å². The quantitative estimate of drug-likeness (QED) is 0.469. The smallest absolute Gasteiger partial charge is 0.268 e. The number of aryl methyl sites for hydroxylation is 1. The summed E-state index contributed by atoms with van der Waals surface area (Å²) in [7, 11) is 1.88. The van der Waals surface area contributed by atoms with Crippen molar-refractivity contribution in [2.75, 3.05) is 18.9 Å². The lowest BCUT2D eigenvalue weighted by Crippen LogP contribution is -2.38. The van der Waals surface area contributed by atoms with Crippen LogP contribution >= 0.6 is 11.3 Å². The van der Waals surface area contributed by atoms with E-state index in [0.717, 1.165) is 31.2 Å². The summed E-state index contributed by atoms with van der Waals surface area (Å²) in [6.07, 6.45) is 6.34. The molecule has 1 saturated carbocycles. The molecule has 1 aliphatic carbocycles. The Labute approximate surface area is 203 Å². The molecule has 2 N–H and O–H groups in total. The molecule has 3 amide bonds. The van der Waals surface area contributed by atoms with Crippen molar-refractivity contribution in [3.8, 4) is 0 Å². The number of fused-ring (bicyclic) bond motifs is 1. The molecule has 8 nitrogen and oxygen atoms in total. The molecule has 3 aromatic rings. The van der Waals surface area contributed by atoms with E-state index in [2.05, 4.69) is 15.6 Å². The van der Waals surface area contributed by atoms with Gasteiger partial charge in [0, 0.05) is 38.7 Å². The Balaban J connectivity index is 1.59. The second-order valence-corrected chi connectivity index (χ2v) is 9.71. The molecule has 9 heteroatoms. The number of carbonyl (C=O) groups is 3. The van der Waals surface area contributed by atoms with E-state index in [9.17, 15) is 14.4 Å². The third-order valence-corrected chi connectivity index (χ3v) is 7.21. The molecule has 180 valence electrons. The van der Waals surface area contributed by atoms with Gasteiger partial charge in [0.1, 0.15) is 0 Å². The number of anilines is 1. The van der Waals surface area contributed by atoms with E-state index in [0.29, 0.717) is 41.4 Å². The average Bonchev–Trinajstić information content (AvgIpc) is 3.49. The van der Waals surface area contributed by atoms with Crippen LogP contribution in [-0.2, 0) is 11.3 Å². The molecule has 4 rings (SSSR count). The molecule has 0 spiro atoms.